The van der Waals surface area contributed by atoms with Gasteiger partial charge in [-0.25, -0.2) is 4.98 Å². The first-order valence-electron chi connectivity index (χ1n) is 9.10. The van der Waals surface area contributed by atoms with Gasteiger partial charge >= 0.3 is 17.9 Å². The van der Waals surface area contributed by atoms with Gasteiger partial charge in [-0.05, 0) is 0 Å². The molecule has 31 heavy (non-hydrogen) atoms. The average Bonchev–Trinajstić information content (AvgIpc) is 3.19. The van der Waals surface area contributed by atoms with Crippen LogP contribution in [-0.4, -0.2) is 77.4 Å². The van der Waals surface area contributed by atoms with E-state index in [1.54, 1.807) is 14.1 Å². The molecule has 2 rings (SSSR count). The molecular formula is C17H24N6O8. The van der Waals surface area contributed by atoms with Crippen molar-refractivity contribution in [1.82, 2.24) is 14.6 Å². The normalized spacial score (nSPS) is 22.9. The van der Waals surface area contributed by atoms with Crippen molar-refractivity contribution in [3.8, 4) is 0 Å². The molecule has 0 saturated carbocycles. The quantitative estimate of drug-likeness (QED) is 0.248. The van der Waals surface area contributed by atoms with Crippen molar-refractivity contribution >= 4 is 29.6 Å². The van der Waals surface area contributed by atoms with Crippen LogP contribution in [0, 0.1) is 0 Å². The molecule has 1 aliphatic rings. The number of carbonyl (C=O) groups excluding carboxylic acids is 4. The minimum Gasteiger partial charge on any atom is -0.463 e. The zero-order valence-electron chi connectivity index (χ0n) is 17.7. The van der Waals surface area contributed by atoms with Crippen LogP contribution in [0.4, 0.5) is 5.82 Å². The van der Waals surface area contributed by atoms with Gasteiger partial charge in [-0.15, -0.1) is 5.11 Å². The summed E-state index contributed by atoms with van der Waals surface area (Å²) in [5.41, 5.74) is 5.32. The van der Waals surface area contributed by atoms with Gasteiger partial charge in [0.05, 0.1) is 0 Å². The van der Waals surface area contributed by atoms with Crippen LogP contribution >= 0.6 is 0 Å². The Kier molecular flexibility index (Phi) is 7.63. The summed E-state index contributed by atoms with van der Waals surface area (Å²) in [5.74, 6) is -2.97. The number of amides is 1. The SMILES string of the molecule is CC(=O)OC[C@H]1O[C@@H](n2cnc(/N=N/N(C)C)c2C(N)=O)[C@H](OC(C)=O)[C@@H]1OC(C)=O. The van der Waals surface area contributed by atoms with Crippen molar-refractivity contribution in [1.29, 1.82) is 0 Å². The van der Waals surface area contributed by atoms with E-state index in [-0.39, 0.29) is 18.1 Å². The van der Waals surface area contributed by atoms with E-state index >= 15 is 0 Å². The Morgan fingerprint density at radius 2 is 1.74 bits per heavy atom. The summed E-state index contributed by atoms with van der Waals surface area (Å²) < 4.78 is 22.6. The van der Waals surface area contributed by atoms with E-state index < -0.39 is 48.4 Å². The number of imidazole rings is 1. The predicted octanol–water partition coefficient (Wildman–Crippen LogP) is -0.134. The number of nitrogens with zero attached hydrogens (tertiary/aromatic N) is 5. The lowest BCUT2D eigenvalue weighted by molar-refractivity contribution is -0.166. The standard InChI is InChI=1S/C17H24N6O8/c1-8(24)28-6-11-13(29-9(2)25)14(30-10(3)26)17(31-11)23-7-19-16(12(23)15(18)27)20-21-22(4)5/h7,11,13-14,17H,6H2,1-5H3,(H2,18,27)/b21-20+/t11-,13-,14-,17-/m1/s1. The molecule has 1 aromatic rings. The minimum absolute atomic E-state index is 0.0983. The molecule has 14 nitrogen and oxygen atoms in total. The van der Waals surface area contributed by atoms with Crippen molar-refractivity contribution in [2.75, 3.05) is 20.7 Å². The van der Waals surface area contributed by atoms with E-state index in [2.05, 4.69) is 15.3 Å². The highest BCUT2D eigenvalue weighted by atomic mass is 16.7. The fourth-order valence-electron chi connectivity index (χ4n) is 2.90. The van der Waals surface area contributed by atoms with Gasteiger partial charge in [0.15, 0.2) is 24.1 Å². The third-order valence-corrected chi connectivity index (χ3v) is 3.94. The molecule has 4 atom stereocenters. The number of rotatable bonds is 8. The van der Waals surface area contributed by atoms with Crippen LogP contribution in [0.25, 0.3) is 0 Å². The smallest absolute Gasteiger partial charge is 0.303 e. The molecule has 0 spiro atoms. The predicted molar refractivity (Wildman–Crippen MR) is 101 cm³/mol. The van der Waals surface area contributed by atoms with Crippen molar-refractivity contribution in [3.05, 3.63) is 12.0 Å². The molecule has 2 N–H and O–H groups in total. The van der Waals surface area contributed by atoms with E-state index in [1.807, 2.05) is 0 Å². The number of esters is 3. The highest BCUT2D eigenvalue weighted by Gasteiger charge is 2.51. The van der Waals surface area contributed by atoms with Crippen LogP contribution in [0.2, 0.25) is 0 Å². The molecule has 2 heterocycles. The molecule has 0 unspecified atom stereocenters. The summed E-state index contributed by atoms with van der Waals surface area (Å²) in [4.78, 5) is 50.7. The van der Waals surface area contributed by atoms with Gasteiger partial charge in [-0.3, -0.25) is 28.8 Å². The summed E-state index contributed by atoms with van der Waals surface area (Å²) in [5, 5.41) is 9.01. The maximum absolute atomic E-state index is 12.1. The Hall–Kier alpha value is -3.55. The zero-order valence-corrected chi connectivity index (χ0v) is 17.7. The Balaban J connectivity index is 2.50. The fourth-order valence-corrected chi connectivity index (χ4v) is 2.90. The third-order valence-electron chi connectivity index (χ3n) is 3.94. The lowest BCUT2D eigenvalue weighted by atomic mass is 10.1. The Morgan fingerprint density at radius 1 is 1.13 bits per heavy atom. The van der Waals surface area contributed by atoms with Gasteiger partial charge in [0.2, 0.25) is 5.82 Å². The van der Waals surface area contributed by atoms with Crippen LogP contribution in [-0.2, 0) is 33.3 Å². The van der Waals surface area contributed by atoms with Crippen molar-refractivity contribution in [3.63, 3.8) is 0 Å². The van der Waals surface area contributed by atoms with Crippen molar-refractivity contribution in [2.24, 2.45) is 16.1 Å². The molecule has 170 valence electrons. The van der Waals surface area contributed by atoms with Gasteiger partial charge in [0.25, 0.3) is 5.91 Å². The van der Waals surface area contributed by atoms with Crippen molar-refractivity contribution in [2.45, 2.75) is 45.3 Å². The molecule has 1 aliphatic heterocycles. The Labute approximate surface area is 177 Å². The van der Waals surface area contributed by atoms with Gasteiger partial charge in [-0.2, -0.15) is 0 Å². The molecule has 0 radical (unpaired) electrons. The number of nitrogens with two attached hydrogens (primary N) is 1. The van der Waals surface area contributed by atoms with E-state index in [9.17, 15) is 19.2 Å². The number of carbonyl (C=O) groups is 4. The average molecular weight is 440 g/mol. The lowest BCUT2D eigenvalue weighted by Crippen LogP contribution is -2.40. The monoisotopic (exact) mass is 440 g/mol. The van der Waals surface area contributed by atoms with Crippen molar-refractivity contribution < 1.29 is 38.1 Å². The second-order valence-corrected chi connectivity index (χ2v) is 6.74. The fraction of sp³-hybridized carbons (Fsp3) is 0.588. The first kappa shape index (κ1) is 23.7. The summed E-state index contributed by atoms with van der Waals surface area (Å²) in [6.07, 6.45) is -3.33. The molecular weight excluding hydrogens is 416 g/mol. The molecule has 1 aromatic heterocycles. The number of ether oxygens (including phenoxy) is 4. The Bertz CT molecular complexity index is 882. The minimum atomic E-state index is -1.20. The van der Waals surface area contributed by atoms with E-state index in [0.29, 0.717) is 0 Å². The molecule has 0 aromatic carbocycles. The first-order chi connectivity index (χ1) is 14.5. The number of hydrogen-bond donors (Lipinski definition) is 1. The molecule has 0 bridgehead atoms. The molecule has 14 heteroatoms. The van der Waals surface area contributed by atoms with Crippen LogP contribution in [0.1, 0.15) is 37.5 Å². The van der Waals surface area contributed by atoms with Crippen LogP contribution in [0.15, 0.2) is 16.7 Å². The highest BCUT2D eigenvalue weighted by Crippen LogP contribution is 2.36. The van der Waals surface area contributed by atoms with Crippen LogP contribution in [0.3, 0.4) is 0 Å². The third kappa shape index (κ3) is 5.97. The maximum atomic E-state index is 12.1. The summed E-state index contributed by atoms with van der Waals surface area (Å²) in [7, 11) is 3.23. The van der Waals surface area contributed by atoms with E-state index in [0.717, 1.165) is 13.8 Å². The summed E-state index contributed by atoms with van der Waals surface area (Å²) in [6.45, 7) is 3.21. The van der Waals surface area contributed by atoms with E-state index in [1.165, 1.54) is 22.8 Å². The van der Waals surface area contributed by atoms with Gasteiger partial charge < -0.3 is 24.7 Å². The first-order valence-corrected chi connectivity index (χ1v) is 9.10. The molecule has 1 saturated heterocycles. The van der Waals surface area contributed by atoms with E-state index in [4.69, 9.17) is 24.7 Å². The summed E-state index contributed by atoms with van der Waals surface area (Å²) >= 11 is 0. The number of hydrogen-bond acceptors (Lipinski definition) is 11. The van der Waals surface area contributed by atoms with Gasteiger partial charge in [0, 0.05) is 34.9 Å². The van der Waals surface area contributed by atoms with Crippen LogP contribution in [0.5, 0.6) is 0 Å². The highest BCUT2D eigenvalue weighted by molar-refractivity contribution is 5.95. The second-order valence-electron chi connectivity index (χ2n) is 6.74. The molecule has 1 fully saturated rings. The number of aromatic nitrogens is 2. The lowest BCUT2D eigenvalue weighted by Gasteiger charge is -2.24. The molecule has 0 aliphatic carbocycles. The second kappa shape index (κ2) is 9.97. The summed E-state index contributed by atoms with van der Waals surface area (Å²) in [6, 6.07) is 0. The van der Waals surface area contributed by atoms with Gasteiger partial charge in [0.1, 0.15) is 19.0 Å². The van der Waals surface area contributed by atoms with Gasteiger partial charge in [-0.1, -0.05) is 5.22 Å². The Morgan fingerprint density at radius 3 is 2.26 bits per heavy atom. The largest absolute Gasteiger partial charge is 0.463 e. The number of primary amides is 1. The van der Waals surface area contributed by atoms with Crippen LogP contribution < -0.4 is 5.73 Å². The topological polar surface area (TPSA) is 177 Å². The molecule has 1 amide bonds. The zero-order chi connectivity index (χ0) is 23.3. The maximum Gasteiger partial charge on any atom is 0.303 e.